The Morgan fingerprint density at radius 2 is 2.03 bits per heavy atom. The van der Waals surface area contributed by atoms with E-state index in [-0.39, 0.29) is 12.5 Å². The van der Waals surface area contributed by atoms with Gasteiger partial charge in [-0.3, -0.25) is 9.89 Å². The first kappa shape index (κ1) is 18.9. The second-order valence-corrected chi connectivity index (χ2v) is 7.91. The maximum absolute atomic E-state index is 12.8. The molecule has 29 heavy (non-hydrogen) atoms. The van der Waals surface area contributed by atoms with E-state index in [1.165, 1.54) is 4.88 Å². The van der Waals surface area contributed by atoms with Crippen LogP contribution in [-0.2, 0) is 6.61 Å². The van der Waals surface area contributed by atoms with Crippen LogP contribution in [0.1, 0.15) is 32.3 Å². The molecule has 0 aliphatic rings. The van der Waals surface area contributed by atoms with E-state index in [2.05, 4.69) is 20.7 Å². The lowest BCUT2D eigenvalue weighted by Gasteiger charge is -2.10. The van der Waals surface area contributed by atoms with Crippen molar-refractivity contribution in [1.82, 2.24) is 15.4 Å². The first-order valence-electron chi connectivity index (χ1n) is 9.08. The fourth-order valence-corrected chi connectivity index (χ4v) is 3.75. The molecule has 0 bridgehead atoms. The highest BCUT2D eigenvalue weighted by atomic mass is 32.1. The third-order valence-electron chi connectivity index (χ3n) is 4.51. The number of thiophene rings is 1. The second kappa shape index (κ2) is 7.92. The monoisotopic (exact) mass is 408 g/mol. The van der Waals surface area contributed by atoms with Crippen LogP contribution in [0, 0.1) is 20.8 Å². The maximum atomic E-state index is 12.8. The van der Waals surface area contributed by atoms with Gasteiger partial charge < -0.3 is 14.6 Å². The molecule has 4 aromatic rings. The van der Waals surface area contributed by atoms with Crippen molar-refractivity contribution in [2.75, 3.05) is 5.32 Å². The smallest absolute Gasteiger partial charge is 0.260 e. The quantitative estimate of drug-likeness (QED) is 0.474. The standard InChI is InChI=1S/C21H20N4O3S/c1-12-8-9-19(29-12)17-10-20(24-23-17)22-21(26)15-6-4-5-7-18(15)27-11-16-13(2)25-28-14(16)3/h4-10H,11H2,1-3H3,(H2,22,23,24,26). The zero-order valence-electron chi connectivity index (χ0n) is 16.3. The van der Waals surface area contributed by atoms with Gasteiger partial charge in [-0.25, -0.2) is 0 Å². The van der Waals surface area contributed by atoms with Crippen LogP contribution in [0.4, 0.5) is 5.82 Å². The molecule has 1 amide bonds. The first-order chi connectivity index (χ1) is 14.0. The summed E-state index contributed by atoms with van der Waals surface area (Å²) in [7, 11) is 0. The molecular weight excluding hydrogens is 388 g/mol. The summed E-state index contributed by atoms with van der Waals surface area (Å²) in [5, 5.41) is 13.9. The molecule has 2 N–H and O–H groups in total. The molecule has 0 unspecified atom stereocenters. The van der Waals surface area contributed by atoms with Crippen LogP contribution >= 0.6 is 11.3 Å². The van der Waals surface area contributed by atoms with Gasteiger partial charge in [0.25, 0.3) is 5.91 Å². The van der Waals surface area contributed by atoms with Crippen molar-refractivity contribution in [2.45, 2.75) is 27.4 Å². The largest absolute Gasteiger partial charge is 0.488 e. The van der Waals surface area contributed by atoms with E-state index in [9.17, 15) is 4.79 Å². The van der Waals surface area contributed by atoms with Gasteiger partial charge in [0.1, 0.15) is 18.1 Å². The fraction of sp³-hybridized carbons (Fsp3) is 0.190. The van der Waals surface area contributed by atoms with Crippen molar-refractivity contribution in [1.29, 1.82) is 0 Å². The van der Waals surface area contributed by atoms with E-state index in [4.69, 9.17) is 9.26 Å². The zero-order valence-corrected chi connectivity index (χ0v) is 17.1. The van der Waals surface area contributed by atoms with Crippen molar-refractivity contribution >= 4 is 23.1 Å². The fourth-order valence-electron chi connectivity index (χ4n) is 2.91. The maximum Gasteiger partial charge on any atom is 0.260 e. The summed E-state index contributed by atoms with van der Waals surface area (Å²) in [6, 6.07) is 13.0. The predicted molar refractivity (Wildman–Crippen MR) is 111 cm³/mol. The molecular formula is C21H20N4O3S. The van der Waals surface area contributed by atoms with Gasteiger partial charge in [-0.2, -0.15) is 5.10 Å². The Balaban J connectivity index is 1.49. The van der Waals surface area contributed by atoms with Crippen LogP contribution in [0.5, 0.6) is 5.75 Å². The van der Waals surface area contributed by atoms with E-state index < -0.39 is 0 Å². The summed E-state index contributed by atoms with van der Waals surface area (Å²) in [5.74, 6) is 1.35. The number of rotatable bonds is 6. The number of hydrogen-bond donors (Lipinski definition) is 2. The molecule has 0 atom stereocenters. The Morgan fingerprint density at radius 3 is 2.76 bits per heavy atom. The molecule has 0 aliphatic heterocycles. The molecule has 1 aromatic carbocycles. The number of ether oxygens (including phenoxy) is 1. The van der Waals surface area contributed by atoms with E-state index in [0.717, 1.165) is 21.8 Å². The van der Waals surface area contributed by atoms with Crippen molar-refractivity contribution in [3.05, 3.63) is 69.9 Å². The second-order valence-electron chi connectivity index (χ2n) is 6.62. The lowest BCUT2D eigenvalue weighted by Crippen LogP contribution is -2.14. The molecule has 0 aliphatic carbocycles. The lowest BCUT2D eigenvalue weighted by atomic mass is 10.2. The summed E-state index contributed by atoms with van der Waals surface area (Å²) in [5.41, 5.74) is 2.94. The Bertz CT molecular complexity index is 1140. The molecule has 3 heterocycles. The van der Waals surface area contributed by atoms with Crippen LogP contribution in [-0.4, -0.2) is 21.3 Å². The molecule has 0 saturated carbocycles. The molecule has 4 rings (SSSR count). The van der Waals surface area contributed by atoms with Crippen molar-refractivity contribution in [3.8, 4) is 16.3 Å². The summed E-state index contributed by atoms with van der Waals surface area (Å²) in [6.07, 6.45) is 0. The number of H-pyrrole nitrogens is 1. The number of aromatic nitrogens is 3. The molecule has 7 nitrogen and oxygen atoms in total. The number of nitrogens with zero attached hydrogens (tertiary/aromatic N) is 2. The number of para-hydroxylation sites is 1. The number of hydrogen-bond acceptors (Lipinski definition) is 6. The normalized spacial score (nSPS) is 10.9. The van der Waals surface area contributed by atoms with Crippen LogP contribution in [0.25, 0.3) is 10.6 Å². The highest BCUT2D eigenvalue weighted by Gasteiger charge is 2.16. The average Bonchev–Trinajstić information content (AvgIpc) is 3.42. The molecule has 0 fully saturated rings. The Morgan fingerprint density at radius 1 is 1.21 bits per heavy atom. The minimum absolute atomic E-state index is 0.274. The molecule has 3 aromatic heterocycles. The number of carbonyl (C=O) groups excluding carboxylic acids is 1. The van der Waals surface area contributed by atoms with E-state index >= 15 is 0 Å². The number of benzene rings is 1. The molecule has 148 valence electrons. The topological polar surface area (TPSA) is 93.0 Å². The van der Waals surface area contributed by atoms with Gasteiger partial charge >= 0.3 is 0 Å². The number of carbonyl (C=O) groups is 1. The van der Waals surface area contributed by atoms with Crippen LogP contribution in [0.3, 0.4) is 0 Å². The molecule has 0 saturated heterocycles. The summed E-state index contributed by atoms with van der Waals surface area (Å²) in [4.78, 5) is 15.1. The van der Waals surface area contributed by atoms with Gasteiger partial charge in [0, 0.05) is 10.9 Å². The highest BCUT2D eigenvalue weighted by Crippen LogP contribution is 2.28. The number of amides is 1. The van der Waals surface area contributed by atoms with Crippen LogP contribution < -0.4 is 10.1 Å². The summed E-state index contributed by atoms with van der Waals surface area (Å²) in [6.45, 7) is 6.02. The molecule has 0 radical (unpaired) electrons. The Labute approximate surface area is 171 Å². The van der Waals surface area contributed by atoms with Gasteiger partial charge in [0.15, 0.2) is 5.82 Å². The third kappa shape index (κ3) is 4.07. The zero-order chi connectivity index (χ0) is 20.4. The number of anilines is 1. The van der Waals surface area contributed by atoms with E-state index in [0.29, 0.717) is 22.9 Å². The van der Waals surface area contributed by atoms with Gasteiger partial charge in [0.2, 0.25) is 0 Å². The van der Waals surface area contributed by atoms with Crippen molar-refractivity contribution < 1.29 is 14.1 Å². The van der Waals surface area contributed by atoms with Gasteiger partial charge in [-0.15, -0.1) is 11.3 Å². The first-order valence-corrected chi connectivity index (χ1v) is 9.90. The molecule has 0 spiro atoms. The minimum atomic E-state index is -0.292. The number of aryl methyl sites for hydroxylation is 3. The Hall–Kier alpha value is -3.39. The van der Waals surface area contributed by atoms with Crippen molar-refractivity contribution in [2.24, 2.45) is 0 Å². The summed E-state index contributed by atoms with van der Waals surface area (Å²) < 4.78 is 11.1. The summed E-state index contributed by atoms with van der Waals surface area (Å²) >= 11 is 1.66. The highest BCUT2D eigenvalue weighted by molar-refractivity contribution is 7.15. The van der Waals surface area contributed by atoms with E-state index in [1.807, 2.05) is 45.0 Å². The van der Waals surface area contributed by atoms with E-state index in [1.54, 1.807) is 29.5 Å². The van der Waals surface area contributed by atoms with Gasteiger partial charge in [0.05, 0.1) is 27.4 Å². The van der Waals surface area contributed by atoms with Crippen molar-refractivity contribution in [3.63, 3.8) is 0 Å². The van der Waals surface area contributed by atoms with Crippen LogP contribution in [0.2, 0.25) is 0 Å². The molecule has 8 heteroatoms. The SMILES string of the molecule is Cc1ccc(-c2cc(NC(=O)c3ccccc3OCc3c(C)noc3C)n[nH]2)s1. The number of aromatic amines is 1. The van der Waals surface area contributed by atoms with Crippen LogP contribution in [0.15, 0.2) is 47.0 Å². The third-order valence-corrected chi connectivity index (χ3v) is 5.54. The number of nitrogens with one attached hydrogen (secondary N) is 2. The van der Waals surface area contributed by atoms with Gasteiger partial charge in [-0.1, -0.05) is 17.3 Å². The lowest BCUT2D eigenvalue weighted by molar-refractivity contribution is 0.102. The average molecular weight is 408 g/mol. The Kier molecular flexibility index (Phi) is 5.18. The predicted octanol–water partition coefficient (Wildman–Crippen LogP) is 4.88. The van der Waals surface area contributed by atoms with Gasteiger partial charge in [-0.05, 0) is 45.0 Å². The minimum Gasteiger partial charge on any atom is -0.488 e.